The van der Waals surface area contributed by atoms with Crippen LogP contribution in [0.3, 0.4) is 0 Å². The van der Waals surface area contributed by atoms with E-state index < -0.39 is 29.5 Å². The van der Waals surface area contributed by atoms with Crippen molar-refractivity contribution in [2.45, 2.75) is 19.0 Å². The summed E-state index contributed by atoms with van der Waals surface area (Å²) >= 11 is 0. The smallest absolute Gasteiger partial charge is 0.416 e. The average Bonchev–Trinajstić information content (AvgIpc) is 2.69. The molecular weight excluding hydrogens is 247 g/mol. The molecule has 1 aromatic rings. The molecular formula is C12H12F3NO2. The molecule has 0 amide bonds. The number of rotatable bonds is 2. The van der Waals surface area contributed by atoms with E-state index in [0.29, 0.717) is 5.69 Å². The van der Waals surface area contributed by atoms with Gasteiger partial charge >= 0.3 is 12.1 Å². The molecule has 6 heteroatoms. The molecule has 0 fully saturated rings. The zero-order valence-electron chi connectivity index (χ0n) is 9.58. The third-order valence-corrected chi connectivity index (χ3v) is 3.29. The van der Waals surface area contributed by atoms with Crippen LogP contribution >= 0.6 is 0 Å². The molecule has 0 aliphatic carbocycles. The van der Waals surface area contributed by atoms with Gasteiger partial charge in [0.15, 0.2) is 0 Å². The number of carboxylic acids is 1. The molecule has 0 saturated heterocycles. The Kier molecular flexibility index (Phi) is 2.96. The van der Waals surface area contributed by atoms with Gasteiger partial charge in [-0.1, -0.05) is 13.0 Å². The number of fused-ring (bicyclic) bond motifs is 1. The van der Waals surface area contributed by atoms with Gasteiger partial charge in [0.1, 0.15) is 0 Å². The Balaban J connectivity index is 2.51. The quantitative estimate of drug-likeness (QED) is 0.858. The Hall–Kier alpha value is -1.72. The largest absolute Gasteiger partial charge is 0.481 e. The van der Waals surface area contributed by atoms with Gasteiger partial charge in [-0.2, -0.15) is 13.2 Å². The average molecular weight is 259 g/mol. The molecule has 1 heterocycles. The van der Waals surface area contributed by atoms with Crippen molar-refractivity contribution in [2.24, 2.45) is 5.92 Å². The van der Waals surface area contributed by atoms with Crippen molar-refractivity contribution < 1.29 is 23.1 Å². The van der Waals surface area contributed by atoms with E-state index >= 15 is 0 Å². The molecule has 0 aromatic heterocycles. The summed E-state index contributed by atoms with van der Waals surface area (Å²) in [6, 6.07) is 3.86. The van der Waals surface area contributed by atoms with Crippen molar-refractivity contribution in [1.29, 1.82) is 0 Å². The van der Waals surface area contributed by atoms with Crippen LogP contribution in [0.25, 0.3) is 0 Å². The first-order chi connectivity index (χ1) is 8.32. The Morgan fingerprint density at radius 1 is 1.50 bits per heavy atom. The third kappa shape index (κ3) is 2.02. The minimum Gasteiger partial charge on any atom is -0.481 e. The van der Waals surface area contributed by atoms with Crippen LogP contribution in [-0.4, -0.2) is 17.6 Å². The first-order valence-corrected chi connectivity index (χ1v) is 5.49. The Bertz CT molecular complexity index is 485. The van der Waals surface area contributed by atoms with Crippen molar-refractivity contribution in [2.75, 3.05) is 11.9 Å². The first-order valence-electron chi connectivity index (χ1n) is 5.49. The molecule has 0 saturated carbocycles. The Morgan fingerprint density at radius 3 is 2.72 bits per heavy atom. The van der Waals surface area contributed by atoms with Crippen LogP contribution in [0.5, 0.6) is 0 Å². The van der Waals surface area contributed by atoms with E-state index in [1.54, 1.807) is 6.07 Å². The molecule has 3 nitrogen and oxygen atoms in total. The van der Waals surface area contributed by atoms with Crippen LogP contribution in [0.15, 0.2) is 18.2 Å². The second-order valence-electron chi connectivity index (χ2n) is 4.38. The summed E-state index contributed by atoms with van der Waals surface area (Å²) in [6.07, 6.45) is -4.46. The van der Waals surface area contributed by atoms with E-state index in [0.717, 1.165) is 6.07 Å². The highest BCUT2D eigenvalue weighted by molar-refractivity contribution is 5.74. The van der Waals surface area contributed by atoms with Crippen molar-refractivity contribution >= 4 is 11.7 Å². The number of anilines is 1. The predicted octanol–water partition coefficient (Wildman–Crippen LogP) is 2.94. The normalized spacial score (nSPS) is 20.1. The number of aliphatic carboxylic acids is 1. The Labute approximate surface area is 102 Å². The summed E-state index contributed by atoms with van der Waals surface area (Å²) in [5, 5.41) is 11.8. The Morgan fingerprint density at radius 2 is 2.17 bits per heavy atom. The van der Waals surface area contributed by atoms with Gasteiger partial charge in [0.2, 0.25) is 0 Å². The number of hydrogen-bond acceptors (Lipinski definition) is 2. The van der Waals surface area contributed by atoms with Crippen molar-refractivity contribution in [3.05, 3.63) is 29.3 Å². The summed E-state index contributed by atoms with van der Waals surface area (Å²) < 4.78 is 38.7. The van der Waals surface area contributed by atoms with E-state index in [4.69, 9.17) is 5.11 Å². The van der Waals surface area contributed by atoms with Crippen LogP contribution in [0.2, 0.25) is 0 Å². The maximum Gasteiger partial charge on any atom is 0.416 e. The standard InChI is InChI=1S/C12H12F3NO2/c1-6(11(17)18)7-5-16-9-4-2-3-8(10(7)9)12(13,14)15/h2-4,6-7,16H,5H2,1H3,(H,17,18). The molecule has 1 aliphatic heterocycles. The lowest BCUT2D eigenvalue weighted by molar-refractivity contribution is -0.143. The lowest BCUT2D eigenvalue weighted by Crippen LogP contribution is -2.22. The van der Waals surface area contributed by atoms with E-state index in [1.807, 2.05) is 0 Å². The number of benzene rings is 1. The minimum absolute atomic E-state index is 0.0694. The van der Waals surface area contributed by atoms with Crippen molar-refractivity contribution in [3.63, 3.8) is 0 Å². The zero-order valence-corrected chi connectivity index (χ0v) is 9.58. The number of carboxylic acid groups (broad SMARTS) is 1. The van der Waals surface area contributed by atoms with Gasteiger partial charge in [-0.25, -0.2) is 0 Å². The molecule has 2 unspecified atom stereocenters. The molecule has 18 heavy (non-hydrogen) atoms. The van der Waals surface area contributed by atoms with Gasteiger partial charge in [-0.3, -0.25) is 4.79 Å². The second-order valence-corrected chi connectivity index (χ2v) is 4.38. The SMILES string of the molecule is CC(C(=O)O)C1CNc2cccc(C(F)(F)F)c21. The fourth-order valence-corrected chi connectivity index (χ4v) is 2.29. The number of nitrogens with one attached hydrogen (secondary N) is 1. The van der Waals surface area contributed by atoms with Gasteiger partial charge in [-0.05, 0) is 17.7 Å². The summed E-state index contributed by atoms with van der Waals surface area (Å²) in [5.41, 5.74) is -0.300. The number of halogens is 3. The van der Waals surface area contributed by atoms with Gasteiger partial charge in [0.05, 0.1) is 11.5 Å². The minimum atomic E-state index is -4.46. The van der Waals surface area contributed by atoms with E-state index in [9.17, 15) is 18.0 Å². The van der Waals surface area contributed by atoms with E-state index in [-0.39, 0.29) is 12.1 Å². The molecule has 0 spiro atoms. The zero-order chi connectivity index (χ0) is 13.5. The van der Waals surface area contributed by atoms with Crippen LogP contribution in [-0.2, 0) is 11.0 Å². The lowest BCUT2D eigenvalue weighted by Gasteiger charge is -2.19. The highest BCUT2D eigenvalue weighted by Crippen LogP contribution is 2.44. The number of alkyl halides is 3. The molecule has 2 atom stereocenters. The van der Waals surface area contributed by atoms with E-state index in [1.165, 1.54) is 13.0 Å². The number of hydrogen-bond donors (Lipinski definition) is 2. The molecule has 0 radical (unpaired) electrons. The number of carbonyl (C=O) groups is 1. The van der Waals surface area contributed by atoms with Gasteiger partial charge in [-0.15, -0.1) is 0 Å². The van der Waals surface area contributed by atoms with E-state index in [2.05, 4.69) is 5.32 Å². The van der Waals surface area contributed by atoms with Crippen LogP contribution in [0, 0.1) is 5.92 Å². The molecule has 1 aliphatic rings. The maximum absolute atomic E-state index is 12.9. The molecule has 0 bridgehead atoms. The summed E-state index contributed by atoms with van der Waals surface area (Å²) in [6.45, 7) is 1.65. The summed E-state index contributed by atoms with van der Waals surface area (Å²) in [5.74, 6) is -2.61. The predicted molar refractivity (Wildman–Crippen MR) is 59.5 cm³/mol. The molecule has 98 valence electrons. The molecule has 2 rings (SSSR count). The van der Waals surface area contributed by atoms with Gasteiger partial charge in [0, 0.05) is 18.2 Å². The fraction of sp³-hybridized carbons (Fsp3) is 0.417. The molecule has 2 N–H and O–H groups in total. The summed E-state index contributed by atoms with van der Waals surface area (Å²) in [4.78, 5) is 10.9. The maximum atomic E-state index is 12.9. The van der Waals surface area contributed by atoms with Gasteiger partial charge in [0.25, 0.3) is 0 Å². The third-order valence-electron chi connectivity index (χ3n) is 3.29. The first kappa shape index (κ1) is 12.7. The highest BCUT2D eigenvalue weighted by atomic mass is 19.4. The van der Waals surface area contributed by atoms with Crippen LogP contribution < -0.4 is 5.32 Å². The van der Waals surface area contributed by atoms with Crippen molar-refractivity contribution in [1.82, 2.24) is 0 Å². The summed E-state index contributed by atoms with van der Waals surface area (Å²) in [7, 11) is 0. The second kappa shape index (κ2) is 4.19. The highest BCUT2D eigenvalue weighted by Gasteiger charge is 2.41. The fourth-order valence-electron chi connectivity index (χ4n) is 2.29. The lowest BCUT2D eigenvalue weighted by atomic mass is 9.86. The van der Waals surface area contributed by atoms with Crippen molar-refractivity contribution in [3.8, 4) is 0 Å². The topological polar surface area (TPSA) is 49.3 Å². The monoisotopic (exact) mass is 259 g/mol. The molecule has 1 aromatic carbocycles. The van der Waals surface area contributed by atoms with Crippen LogP contribution in [0.4, 0.5) is 18.9 Å². The van der Waals surface area contributed by atoms with Gasteiger partial charge < -0.3 is 10.4 Å². The van der Waals surface area contributed by atoms with Crippen LogP contribution in [0.1, 0.15) is 24.0 Å².